The lowest BCUT2D eigenvalue weighted by molar-refractivity contribution is 1.04. The topological polar surface area (TPSA) is 26.0 Å². The van der Waals surface area contributed by atoms with Crippen LogP contribution in [0.1, 0.15) is 11.1 Å². The number of thioether (sulfide) groups is 1. The van der Waals surface area contributed by atoms with Gasteiger partial charge in [-0.05, 0) is 29.5 Å². The van der Waals surface area contributed by atoms with Gasteiger partial charge in [0.2, 0.25) is 0 Å². The average molecular weight is 246 g/mol. The molecular weight excluding hydrogens is 234 g/mol. The molecule has 0 saturated heterocycles. The molecule has 0 aliphatic heterocycles. The molecule has 1 aromatic rings. The highest BCUT2D eigenvalue weighted by Gasteiger charge is 2.00. The Kier molecular flexibility index (Phi) is 4.12. The van der Waals surface area contributed by atoms with Gasteiger partial charge in [-0.1, -0.05) is 22.0 Å². The van der Waals surface area contributed by atoms with E-state index in [4.69, 9.17) is 5.73 Å². The van der Waals surface area contributed by atoms with E-state index in [1.807, 2.05) is 11.8 Å². The van der Waals surface area contributed by atoms with Crippen molar-refractivity contribution in [2.75, 3.05) is 6.26 Å². The van der Waals surface area contributed by atoms with Crippen LogP contribution in [0.4, 0.5) is 0 Å². The SMILES string of the molecule is CSCc1ccc(Br)cc1CN. The highest BCUT2D eigenvalue weighted by molar-refractivity contribution is 9.10. The Balaban J connectivity index is 2.94. The zero-order chi connectivity index (χ0) is 8.97. The van der Waals surface area contributed by atoms with Crippen LogP contribution in [0.25, 0.3) is 0 Å². The van der Waals surface area contributed by atoms with Gasteiger partial charge in [0.05, 0.1) is 0 Å². The molecule has 0 atom stereocenters. The predicted molar refractivity (Wildman–Crippen MR) is 59.3 cm³/mol. The number of nitrogens with two attached hydrogens (primary N) is 1. The summed E-state index contributed by atoms with van der Waals surface area (Å²) >= 11 is 5.25. The third-order valence-corrected chi connectivity index (χ3v) is 2.78. The highest BCUT2D eigenvalue weighted by atomic mass is 79.9. The summed E-state index contributed by atoms with van der Waals surface area (Å²) in [5, 5.41) is 0. The van der Waals surface area contributed by atoms with E-state index in [9.17, 15) is 0 Å². The van der Waals surface area contributed by atoms with Crippen LogP contribution in [0.3, 0.4) is 0 Å². The van der Waals surface area contributed by atoms with Crippen LogP contribution in [-0.4, -0.2) is 6.26 Å². The van der Waals surface area contributed by atoms with E-state index in [1.165, 1.54) is 11.1 Å². The van der Waals surface area contributed by atoms with E-state index < -0.39 is 0 Å². The summed E-state index contributed by atoms with van der Waals surface area (Å²) in [6.07, 6.45) is 2.10. The molecule has 0 aromatic heterocycles. The molecule has 1 rings (SSSR count). The quantitative estimate of drug-likeness (QED) is 0.887. The summed E-state index contributed by atoms with van der Waals surface area (Å²) in [6, 6.07) is 6.28. The molecule has 1 nitrogen and oxygen atoms in total. The first-order valence-corrected chi connectivity index (χ1v) is 5.93. The van der Waals surface area contributed by atoms with Crippen molar-refractivity contribution < 1.29 is 0 Å². The van der Waals surface area contributed by atoms with Gasteiger partial charge in [0.25, 0.3) is 0 Å². The van der Waals surface area contributed by atoms with E-state index in [0.29, 0.717) is 6.54 Å². The lowest BCUT2D eigenvalue weighted by Crippen LogP contribution is -2.00. The molecule has 0 saturated carbocycles. The van der Waals surface area contributed by atoms with Crippen LogP contribution in [0, 0.1) is 0 Å². The molecule has 0 fully saturated rings. The van der Waals surface area contributed by atoms with Crippen LogP contribution < -0.4 is 5.73 Å². The van der Waals surface area contributed by atoms with E-state index in [-0.39, 0.29) is 0 Å². The van der Waals surface area contributed by atoms with Gasteiger partial charge < -0.3 is 5.73 Å². The Bertz CT molecular complexity index is 263. The number of hydrogen-bond donors (Lipinski definition) is 1. The van der Waals surface area contributed by atoms with Crippen LogP contribution in [-0.2, 0) is 12.3 Å². The standard InChI is InChI=1S/C9H12BrNS/c1-12-6-7-2-3-9(10)4-8(7)5-11/h2-4H,5-6,11H2,1H3. The van der Waals surface area contributed by atoms with Crippen molar-refractivity contribution in [3.05, 3.63) is 33.8 Å². The van der Waals surface area contributed by atoms with E-state index in [2.05, 4.69) is 40.4 Å². The minimum absolute atomic E-state index is 0.620. The van der Waals surface area contributed by atoms with Crippen molar-refractivity contribution in [3.8, 4) is 0 Å². The Hall–Kier alpha value is 0.01000. The molecule has 0 amide bonds. The zero-order valence-corrected chi connectivity index (χ0v) is 9.41. The van der Waals surface area contributed by atoms with Gasteiger partial charge in [-0.3, -0.25) is 0 Å². The molecule has 66 valence electrons. The zero-order valence-electron chi connectivity index (χ0n) is 7.01. The normalized spacial score (nSPS) is 10.2. The van der Waals surface area contributed by atoms with Gasteiger partial charge in [0, 0.05) is 16.8 Å². The molecular formula is C9H12BrNS. The summed E-state index contributed by atoms with van der Waals surface area (Å²) < 4.78 is 1.10. The molecule has 12 heavy (non-hydrogen) atoms. The second-order valence-electron chi connectivity index (χ2n) is 2.55. The van der Waals surface area contributed by atoms with Crippen LogP contribution in [0.2, 0.25) is 0 Å². The molecule has 1 aromatic carbocycles. The first-order chi connectivity index (χ1) is 5.77. The third-order valence-electron chi connectivity index (χ3n) is 1.69. The first kappa shape index (κ1) is 10.1. The van der Waals surface area contributed by atoms with Crippen molar-refractivity contribution in [2.45, 2.75) is 12.3 Å². The van der Waals surface area contributed by atoms with Gasteiger partial charge in [-0.15, -0.1) is 0 Å². The first-order valence-electron chi connectivity index (χ1n) is 3.74. The molecule has 0 bridgehead atoms. The van der Waals surface area contributed by atoms with Gasteiger partial charge in [-0.25, -0.2) is 0 Å². The maximum atomic E-state index is 5.62. The van der Waals surface area contributed by atoms with Crippen LogP contribution in [0.15, 0.2) is 22.7 Å². The molecule has 2 N–H and O–H groups in total. The maximum Gasteiger partial charge on any atom is 0.0185 e. The molecule has 0 spiro atoms. The number of hydrogen-bond acceptors (Lipinski definition) is 2. The van der Waals surface area contributed by atoms with E-state index in [1.54, 1.807) is 0 Å². The summed E-state index contributed by atoms with van der Waals surface area (Å²) in [5.74, 6) is 1.04. The number of benzene rings is 1. The van der Waals surface area contributed by atoms with Crippen molar-refractivity contribution in [1.29, 1.82) is 0 Å². The minimum Gasteiger partial charge on any atom is -0.326 e. The third kappa shape index (κ3) is 2.51. The largest absolute Gasteiger partial charge is 0.326 e. The van der Waals surface area contributed by atoms with E-state index >= 15 is 0 Å². The van der Waals surface area contributed by atoms with Gasteiger partial charge in [0.15, 0.2) is 0 Å². The highest BCUT2D eigenvalue weighted by Crippen LogP contribution is 2.19. The fourth-order valence-corrected chi connectivity index (χ4v) is 2.08. The van der Waals surface area contributed by atoms with E-state index in [0.717, 1.165) is 10.2 Å². The van der Waals surface area contributed by atoms with Gasteiger partial charge in [0.1, 0.15) is 0 Å². The lowest BCUT2D eigenvalue weighted by atomic mass is 10.1. The van der Waals surface area contributed by atoms with Crippen molar-refractivity contribution in [2.24, 2.45) is 5.73 Å². The van der Waals surface area contributed by atoms with Crippen molar-refractivity contribution in [1.82, 2.24) is 0 Å². The molecule has 0 radical (unpaired) electrons. The second kappa shape index (κ2) is 4.90. The second-order valence-corrected chi connectivity index (χ2v) is 4.33. The number of rotatable bonds is 3. The smallest absolute Gasteiger partial charge is 0.0185 e. The maximum absolute atomic E-state index is 5.62. The molecule has 3 heteroatoms. The van der Waals surface area contributed by atoms with Gasteiger partial charge in [-0.2, -0.15) is 11.8 Å². The van der Waals surface area contributed by atoms with Crippen molar-refractivity contribution in [3.63, 3.8) is 0 Å². The molecule has 0 unspecified atom stereocenters. The minimum atomic E-state index is 0.620. The Morgan fingerprint density at radius 1 is 1.42 bits per heavy atom. The monoisotopic (exact) mass is 245 g/mol. The number of halogens is 1. The Morgan fingerprint density at radius 2 is 2.17 bits per heavy atom. The van der Waals surface area contributed by atoms with Crippen molar-refractivity contribution >= 4 is 27.7 Å². The summed E-state index contributed by atoms with van der Waals surface area (Å²) in [5.41, 5.74) is 8.20. The predicted octanol–water partition coefficient (Wildman–Crippen LogP) is 2.77. The average Bonchev–Trinajstić information content (AvgIpc) is 2.08. The van der Waals surface area contributed by atoms with Gasteiger partial charge >= 0.3 is 0 Å². The molecule has 0 aliphatic rings. The van der Waals surface area contributed by atoms with Crippen LogP contribution >= 0.6 is 27.7 Å². The Labute approximate surface area is 85.9 Å². The summed E-state index contributed by atoms with van der Waals surface area (Å²) in [7, 11) is 0. The summed E-state index contributed by atoms with van der Waals surface area (Å²) in [6.45, 7) is 0.620. The van der Waals surface area contributed by atoms with Crippen LogP contribution in [0.5, 0.6) is 0 Å². The Morgan fingerprint density at radius 3 is 2.75 bits per heavy atom. The molecule has 0 aliphatic carbocycles. The molecule has 0 heterocycles. The summed E-state index contributed by atoms with van der Waals surface area (Å²) in [4.78, 5) is 0. The fourth-order valence-electron chi connectivity index (χ4n) is 1.08. The lowest BCUT2D eigenvalue weighted by Gasteiger charge is -2.06. The fraction of sp³-hybridized carbons (Fsp3) is 0.333.